The fraction of sp³-hybridized carbons (Fsp3) is 0.333. The largest absolute Gasteiger partial charge is 0.316 e. The number of benzene rings is 2. The van der Waals surface area contributed by atoms with E-state index in [1.165, 1.54) is 16.7 Å². The average molecular weight is 288 g/mol. The van der Waals surface area contributed by atoms with Crippen molar-refractivity contribution in [1.29, 1.82) is 0 Å². The highest BCUT2D eigenvalue weighted by atomic mass is 35.5. The maximum Gasteiger partial charge on any atom is 0.0441 e. The number of hydrogen-bond donors (Lipinski definition) is 1. The Bertz CT molecular complexity index is 551. The zero-order valence-electron chi connectivity index (χ0n) is 12.2. The normalized spacial score (nSPS) is 12.3. The summed E-state index contributed by atoms with van der Waals surface area (Å²) in [5.74, 6) is 0.408. The summed E-state index contributed by atoms with van der Waals surface area (Å²) in [7, 11) is 0. The molecule has 0 saturated heterocycles. The smallest absolute Gasteiger partial charge is 0.0441 e. The second-order valence-corrected chi connectivity index (χ2v) is 5.63. The molecule has 0 bridgehead atoms. The average Bonchev–Trinajstić information content (AvgIpc) is 2.44. The van der Waals surface area contributed by atoms with Crippen molar-refractivity contribution in [3.8, 4) is 0 Å². The van der Waals surface area contributed by atoms with Crippen molar-refractivity contribution in [1.82, 2.24) is 5.32 Å². The molecule has 0 saturated carbocycles. The molecule has 0 amide bonds. The summed E-state index contributed by atoms with van der Waals surface area (Å²) in [6.07, 6.45) is 1.01. The fourth-order valence-corrected chi connectivity index (χ4v) is 2.83. The van der Waals surface area contributed by atoms with Crippen LogP contribution in [0.15, 0.2) is 48.5 Å². The summed E-state index contributed by atoms with van der Waals surface area (Å²) >= 11 is 6.37. The molecule has 2 aromatic rings. The van der Waals surface area contributed by atoms with E-state index in [0.717, 1.165) is 24.5 Å². The Kier molecular flexibility index (Phi) is 5.63. The number of halogens is 1. The highest BCUT2D eigenvalue weighted by Crippen LogP contribution is 2.27. The molecule has 0 fully saturated rings. The quantitative estimate of drug-likeness (QED) is 0.820. The van der Waals surface area contributed by atoms with Gasteiger partial charge in [0.1, 0.15) is 0 Å². The molecule has 106 valence electrons. The lowest BCUT2D eigenvalue weighted by Crippen LogP contribution is -2.23. The van der Waals surface area contributed by atoms with Gasteiger partial charge in [-0.1, -0.05) is 66.6 Å². The Labute approximate surface area is 127 Å². The third-order valence-corrected chi connectivity index (χ3v) is 3.89. The van der Waals surface area contributed by atoms with E-state index in [2.05, 4.69) is 55.6 Å². The van der Waals surface area contributed by atoms with Gasteiger partial charge in [0.15, 0.2) is 0 Å². The summed E-state index contributed by atoms with van der Waals surface area (Å²) in [5.41, 5.74) is 3.91. The molecule has 2 rings (SSSR count). The first kappa shape index (κ1) is 15.1. The van der Waals surface area contributed by atoms with Crippen molar-refractivity contribution >= 4 is 11.6 Å². The molecular formula is C18H22ClN. The zero-order valence-corrected chi connectivity index (χ0v) is 13.0. The molecule has 0 aromatic heterocycles. The van der Waals surface area contributed by atoms with Gasteiger partial charge in [-0.05, 0) is 37.1 Å². The van der Waals surface area contributed by atoms with Crippen LogP contribution in [-0.2, 0) is 6.42 Å². The van der Waals surface area contributed by atoms with Gasteiger partial charge >= 0.3 is 0 Å². The molecule has 0 heterocycles. The van der Waals surface area contributed by atoms with Crippen LogP contribution in [0.5, 0.6) is 0 Å². The van der Waals surface area contributed by atoms with Crippen molar-refractivity contribution in [3.05, 3.63) is 70.2 Å². The molecule has 1 nitrogen and oxygen atoms in total. The van der Waals surface area contributed by atoms with Crippen LogP contribution in [0.4, 0.5) is 0 Å². The molecule has 1 atom stereocenters. The predicted octanol–water partition coefficient (Wildman–Crippen LogP) is 4.58. The van der Waals surface area contributed by atoms with Gasteiger partial charge in [-0.3, -0.25) is 0 Å². The summed E-state index contributed by atoms with van der Waals surface area (Å²) in [6.45, 7) is 6.21. The monoisotopic (exact) mass is 287 g/mol. The van der Waals surface area contributed by atoms with Crippen LogP contribution in [0.2, 0.25) is 5.02 Å². The maximum atomic E-state index is 6.37. The topological polar surface area (TPSA) is 12.0 Å². The number of aryl methyl sites for hydroxylation is 1. The molecule has 2 heteroatoms. The van der Waals surface area contributed by atoms with E-state index in [4.69, 9.17) is 11.6 Å². The molecular weight excluding hydrogens is 266 g/mol. The third-order valence-electron chi connectivity index (χ3n) is 3.55. The van der Waals surface area contributed by atoms with Gasteiger partial charge in [-0.15, -0.1) is 0 Å². The van der Waals surface area contributed by atoms with E-state index >= 15 is 0 Å². The second kappa shape index (κ2) is 7.47. The van der Waals surface area contributed by atoms with Crippen molar-refractivity contribution in [3.63, 3.8) is 0 Å². The van der Waals surface area contributed by atoms with E-state index < -0.39 is 0 Å². The van der Waals surface area contributed by atoms with Gasteiger partial charge in [-0.25, -0.2) is 0 Å². The number of nitrogens with one attached hydrogen (secondary N) is 1. The molecule has 0 aliphatic rings. The van der Waals surface area contributed by atoms with Crippen molar-refractivity contribution in [2.75, 3.05) is 13.1 Å². The standard InChI is InChI=1S/C18H22ClN/c1-3-20-13-16(17-9-4-5-10-18(17)19)12-15-8-6-7-14(2)11-15/h4-11,16,20H,3,12-13H2,1-2H3. The summed E-state index contributed by atoms with van der Waals surface area (Å²) in [6, 6.07) is 16.9. The predicted molar refractivity (Wildman–Crippen MR) is 87.6 cm³/mol. The van der Waals surface area contributed by atoms with Crippen LogP contribution in [0.1, 0.15) is 29.5 Å². The molecule has 1 N–H and O–H groups in total. The minimum absolute atomic E-state index is 0.408. The van der Waals surface area contributed by atoms with E-state index in [9.17, 15) is 0 Å². The Balaban J connectivity index is 2.22. The van der Waals surface area contributed by atoms with Crippen molar-refractivity contribution < 1.29 is 0 Å². The van der Waals surface area contributed by atoms with E-state index in [0.29, 0.717) is 5.92 Å². The van der Waals surface area contributed by atoms with Gasteiger partial charge < -0.3 is 5.32 Å². The number of hydrogen-bond acceptors (Lipinski definition) is 1. The first-order valence-electron chi connectivity index (χ1n) is 7.21. The maximum absolute atomic E-state index is 6.37. The minimum Gasteiger partial charge on any atom is -0.316 e. The van der Waals surface area contributed by atoms with Crippen LogP contribution in [0, 0.1) is 6.92 Å². The molecule has 1 unspecified atom stereocenters. The molecule has 2 aromatic carbocycles. The SMILES string of the molecule is CCNCC(Cc1cccc(C)c1)c1ccccc1Cl. The van der Waals surface area contributed by atoms with E-state index in [1.54, 1.807) is 0 Å². The van der Waals surface area contributed by atoms with E-state index in [-0.39, 0.29) is 0 Å². The number of rotatable bonds is 6. The van der Waals surface area contributed by atoms with Gasteiger partial charge in [-0.2, -0.15) is 0 Å². The lowest BCUT2D eigenvalue weighted by atomic mass is 9.91. The van der Waals surface area contributed by atoms with Crippen LogP contribution in [-0.4, -0.2) is 13.1 Å². The Morgan fingerprint density at radius 1 is 1.10 bits per heavy atom. The van der Waals surface area contributed by atoms with Gasteiger partial charge in [0.25, 0.3) is 0 Å². The molecule has 0 aliphatic heterocycles. The summed E-state index contributed by atoms with van der Waals surface area (Å²) < 4.78 is 0. The summed E-state index contributed by atoms with van der Waals surface area (Å²) in [4.78, 5) is 0. The molecule has 0 aliphatic carbocycles. The third kappa shape index (κ3) is 4.09. The molecule has 0 spiro atoms. The highest BCUT2D eigenvalue weighted by molar-refractivity contribution is 6.31. The lowest BCUT2D eigenvalue weighted by Gasteiger charge is -2.19. The lowest BCUT2D eigenvalue weighted by molar-refractivity contribution is 0.595. The number of likely N-dealkylation sites (N-methyl/N-ethyl adjacent to an activating group) is 1. The molecule has 0 radical (unpaired) electrons. The van der Waals surface area contributed by atoms with Gasteiger partial charge in [0.2, 0.25) is 0 Å². The van der Waals surface area contributed by atoms with Crippen LogP contribution >= 0.6 is 11.6 Å². The van der Waals surface area contributed by atoms with E-state index in [1.807, 2.05) is 12.1 Å². The Morgan fingerprint density at radius 3 is 2.60 bits per heavy atom. The Hall–Kier alpha value is -1.31. The van der Waals surface area contributed by atoms with Crippen LogP contribution in [0.3, 0.4) is 0 Å². The zero-order chi connectivity index (χ0) is 14.4. The molecule has 20 heavy (non-hydrogen) atoms. The Morgan fingerprint density at radius 2 is 1.90 bits per heavy atom. The summed E-state index contributed by atoms with van der Waals surface area (Å²) in [5, 5.41) is 4.31. The van der Waals surface area contributed by atoms with Gasteiger partial charge in [0.05, 0.1) is 0 Å². The van der Waals surface area contributed by atoms with Crippen molar-refractivity contribution in [2.24, 2.45) is 0 Å². The first-order chi connectivity index (χ1) is 9.70. The van der Waals surface area contributed by atoms with Crippen molar-refractivity contribution in [2.45, 2.75) is 26.2 Å². The van der Waals surface area contributed by atoms with Gasteiger partial charge in [0, 0.05) is 17.5 Å². The second-order valence-electron chi connectivity index (χ2n) is 5.22. The van der Waals surface area contributed by atoms with Crippen LogP contribution in [0.25, 0.3) is 0 Å². The fourth-order valence-electron chi connectivity index (χ4n) is 2.54. The van der Waals surface area contributed by atoms with Crippen LogP contribution < -0.4 is 5.32 Å². The minimum atomic E-state index is 0.408. The highest BCUT2D eigenvalue weighted by Gasteiger charge is 2.14. The first-order valence-corrected chi connectivity index (χ1v) is 7.59.